The van der Waals surface area contributed by atoms with Gasteiger partial charge in [0.25, 0.3) is 15.9 Å². The smallest absolute Gasteiger partial charge is 0.339 e. The third-order valence-corrected chi connectivity index (χ3v) is 7.31. The number of anilines is 1. The summed E-state index contributed by atoms with van der Waals surface area (Å²) in [5, 5.41) is 2.95. The number of hydrogen-bond acceptors (Lipinski definition) is 5. The second-order valence-corrected chi connectivity index (χ2v) is 10.2. The lowest BCUT2D eigenvalue weighted by Gasteiger charge is -2.30. The van der Waals surface area contributed by atoms with E-state index in [4.69, 9.17) is 4.74 Å². The van der Waals surface area contributed by atoms with E-state index in [9.17, 15) is 22.4 Å². The van der Waals surface area contributed by atoms with Crippen molar-refractivity contribution in [3.63, 3.8) is 0 Å². The van der Waals surface area contributed by atoms with Crippen molar-refractivity contribution in [3.05, 3.63) is 59.4 Å². The maximum absolute atomic E-state index is 13.9. The second-order valence-electron chi connectivity index (χ2n) is 8.49. The maximum Gasteiger partial charge on any atom is 0.339 e. The van der Waals surface area contributed by atoms with E-state index in [1.54, 1.807) is 6.92 Å². The summed E-state index contributed by atoms with van der Waals surface area (Å²) in [5.74, 6) is -1.56. The van der Waals surface area contributed by atoms with Crippen molar-refractivity contribution in [2.45, 2.75) is 63.5 Å². The Balaban J connectivity index is 1.72. The number of aryl methyl sites for hydroxylation is 1. The molecule has 0 bridgehead atoms. The van der Waals surface area contributed by atoms with Gasteiger partial charge in [-0.25, -0.2) is 17.6 Å². The van der Waals surface area contributed by atoms with Crippen LogP contribution >= 0.6 is 0 Å². The zero-order valence-corrected chi connectivity index (χ0v) is 19.7. The number of halogens is 1. The number of nitrogens with one attached hydrogen (secondary N) is 2. The van der Waals surface area contributed by atoms with Gasteiger partial charge in [-0.3, -0.25) is 9.52 Å². The summed E-state index contributed by atoms with van der Waals surface area (Å²) in [6.45, 7) is 5.20. The van der Waals surface area contributed by atoms with Crippen LogP contribution in [0.4, 0.5) is 10.1 Å². The van der Waals surface area contributed by atoms with Crippen LogP contribution in [0.15, 0.2) is 47.4 Å². The number of ether oxygens (including phenoxy) is 1. The molecule has 0 aromatic heterocycles. The van der Waals surface area contributed by atoms with Gasteiger partial charge in [-0.1, -0.05) is 38.0 Å². The molecule has 0 spiro atoms. The van der Waals surface area contributed by atoms with E-state index in [0.717, 1.165) is 37.8 Å². The molecule has 3 rings (SSSR count). The summed E-state index contributed by atoms with van der Waals surface area (Å²) >= 11 is 0. The third kappa shape index (κ3) is 6.10. The van der Waals surface area contributed by atoms with Crippen LogP contribution in [-0.4, -0.2) is 32.4 Å². The quantitative estimate of drug-likeness (QED) is 0.584. The minimum Gasteiger partial charge on any atom is -0.449 e. The fraction of sp³-hybridized carbons (Fsp3) is 0.417. The van der Waals surface area contributed by atoms with Crippen molar-refractivity contribution < 1.29 is 27.1 Å². The van der Waals surface area contributed by atoms with Crippen molar-refractivity contribution in [2.24, 2.45) is 5.92 Å². The molecule has 1 amide bonds. The number of rotatable bonds is 7. The molecule has 9 heteroatoms. The van der Waals surface area contributed by atoms with E-state index < -0.39 is 27.9 Å². The van der Waals surface area contributed by atoms with Crippen molar-refractivity contribution >= 4 is 27.6 Å². The lowest BCUT2D eigenvalue weighted by atomic mass is 9.86. The van der Waals surface area contributed by atoms with Crippen LogP contribution in [0.3, 0.4) is 0 Å². The predicted octanol–water partition coefficient (Wildman–Crippen LogP) is 4.18. The summed E-state index contributed by atoms with van der Waals surface area (Å²) < 4.78 is 46.8. The first-order valence-corrected chi connectivity index (χ1v) is 12.5. The summed E-state index contributed by atoms with van der Waals surface area (Å²) in [5.41, 5.74) is 0.292. The first kappa shape index (κ1) is 24.7. The molecule has 1 aliphatic rings. The fourth-order valence-electron chi connectivity index (χ4n) is 3.84. The van der Waals surface area contributed by atoms with Crippen LogP contribution in [0, 0.1) is 18.7 Å². The largest absolute Gasteiger partial charge is 0.449 e. The highest BCUT2D eigenvalue weighted by Crippen LogP contribution is 2.24. The molecular formula is C24H29FN2O5S. The Morgan fingerprint density at radius 2 is 1.82 bits per heavy atom. The van der Waals surface area contributed by atoms with Gasteiger partial charge < -0.3 is 10.1 Å². The van der Waals surface area contributed by atoms with Gasteiger partial charge >= 0.3 is 5.97 Å². The molecule has 7 nitrogen and oxygen atoms in total. The monoisotopic (exact) mass is 476 g/mol. The van der Waals surface area contributed by atoms with Crippen LogP contribution in [0.25, 0.3) is 0 Å². The number of amides is 1. The molecule has 0 saturated heterocycles. The lowest BCUT2D eigenvalue weighted by molar-refractivity contribution is -0.130. The number of benzene rings is 2. The Morgan fingerprint density at radius 1 is 1.12 bits per heavy atom. The molecule has 2 N–H and O–H groups in total. The average molecular weight is 477 g/mol. The predicted molar refractivity (Wildman–Crippen MR) is 123 cm³/mol. The zero-order valence-electron chi connectivity index (χ0n) is 18.9. The SMILES string of the molecule is Cc1ccc(S(=O)(=O)Nc2ccccc2F)cc1C(=O)O[C@@H](C)C(=O)N[C@H]1CCCC[C@@H]1C. The Bertz CT molecular complexity index is 1140. The van der Waals surface area contributed by atoms with Crippen LogP contribution < -0.4 is 10.0 Å². The third-order valence-electron chi connectivity index (χ3n) is 5.95. The molecule has 1 saturated carbocycles. The Hall–Kier alpha value is -2.94. The first-order chi connectivity index (χ1) is 15.6. The molecule has 2 aromatic rings. The topological polar surface area (TPSA) is 102 Å². The molecule has 0 heterocycles. The average Bonchev–Trinajstić information content (AvgIpc) is 2.76. The Kier molecular flexibility index (Phi) is 7.73. The molecule has 0 aliphatic heterocycles. The Labute approximate surface area is 193 Å². The summed E-state index contributed by atoms with van der Waals surface area (Å²) in [6.07, 6.45) is 3.08. The minimum absolute atomic E-state index is 0.0112. The molecule has 1 aliphatic carbocycles. The number of carbonyl (C=O) groups is 2. The highest BCUT2D eigenvalue weighted by atomic mass is 32.2. The summed E-state index contributed by atoms with van der Waals surface area (Å²) in [7, 11) is -4.16. The zero-order chi connectivity index (χ0) is 24.2. The van der Waals surface area contributed by atoms with Crippen LogP contribution in [0.5, 0.6) is 0 Å². The van der Waals surface area contributed by atoms with Gasteiger partial charge in [0.2, 0.25) is 0 Å². The van der Waals surface area contributed by atoms with E-state index in [1.165, 1.54) is 37.3 Å². The number of para-hydroxylation sites is 1. The van der Waals surface area contributed by atoms with Crippen molar-refractivity contribution in [1.82, 2.24) is 5.32 Å². The van der Waals surface area contributed by atoms with Gasteiger partial charge in [0.15, 0.2) is 6.10 Å². The minimum atomic E-state index is -4.16. The first-order valence-electron chi connectivity index (χ1n) is 11.0. The number of hydrogen-bond donors (Lipinski definition) is 2. The maximum atomic E-state index is 13.9. The highest BCUT2D eigenvalue weighted by molar-refractivity contribution is 7.92. The van der Waals surface area contributed by atoms with E-state index >= 15 is 0 Å². The lowest BCUT2D eigenvalue weighted by Crippen LogP contribution is -2.46. The van der Waals surface area contributed by atoms with E-state index in [-0.39, 0.29) is 28.1 Å². The summed E-state index contributed by atoms with van der Waals surface area (Å²) in [4.78, 5) is 25.1. The molecule has 3 atom stereocenters. The van der Waals surface area contributed by atoms with Crippen molar-refractivity contribution in [1.29, 1.82) is 0 Å². The molecule has 1 fully saturated rings. The molecule has 0 radical (unpaired) electrons. The van der Waals surface area contributed by atoms with Gasteiger partial charge in [-0.2, -0.15) is 0 Å². The van der Waals surface area contributed by atoms with Gasteiger partial charge in [-0.15, -0.1) is 0 Å². The standard InChI is InChI=1S/C24H29FN2O5S/c1-15-12-13-18(33(30,31)27-22-11-7-5-9-20(22)25)14-19(15)24(29)32-17(3)23(28)26-21-10-6-4-8-16(21)2/h5,7,9,11-14,16-17,21,27H,4,6,8,10H2,1-3H3,(H,26,28)/t16-,17-,21-/m0/s1. The fourth-order valence-corrected chi connectivity index (χ4v) is 4.94. The van der Waals surface area contributed by atoms with Crippen LogP contribution in [0.1, 0.15) is 55.5 Å². The van der Waals surface area contributed by atoms with Crippen LogP contribution in [0.2, 0.25) is 0 Å². The molecular weight excluding hydrogens is 447 g/mol. The van der Waals surface area contributed by atoms with E-state index in [2.05, 4.69) is 17.0 Å². The molecule has 178 valence electrons. The van der Waals surface area contributed by atoms with Gasteiger partial charge in [-0.05, 0) is 62.4 Å². The van der Waals surface area contributed by atoms with E-state index in [0.29, 0.717) is 11.5 Å². The number of esters is 1. The van der Waals surface area contributed by atoms with Crippen molar-refractivity contribution in [3.8, 4) is 0 Å². The number of sulfonamides is 1. The number of carbonyl (C=O) groups excluding carboxylic acids is 2. The van der Waals surface area contributed by atoms with Gasteiger partial charge in [0.05, 0.1) is 16.1 Å². The molecule has 2 aromatic carbocycles. The normalized spacial score (nSPS) is 19.4. The van der Waals surface area contributed by atoms with E-state index in [1.807, 2.05) is 0 Å². The second kappa shape index (κ2) is 10.3. The van der Waals surface area contributed by atoms with Gasteiger partial charge in [0, 0.05) is 6.04 Å². The summed E-state index contributed by atoms with van der Waals surface area (Å²) in [6, 6.07) is 9.36. The highest BCUT2D eigenvalue weighted by Gasteiger charge is 2.27. The molecule has 0 unspecified atom stereocenters. The van der Waals surface area contributed by atoms with Crippen molar-refractivity contribution in [2.75, 3.05) is 4.72 Å². The van der Waals surface area contributed by atoms with Gasteiger partial charge in [0.1, 0.15) is 5.82 Å². The van der Waals surface area contributed by atoms with Crippen LogP contribution in [-0.2, 0) is 19.6 Å². The Morgan fingerprint density at radius 3 is 2.52 bits per heavy atom. The molecule has 33 heavy (non-hydrogen) atoms.